The van der Waals surface area contributed by atoms with Gasteiger partial charge in [0.15, 0.2) is 0 Å². The first kappa shape index (κ1) is 19.1. The summed E-state index contributed by atoms with van der Waals surface area (Å²) in [4.78, 5) is 23.6. The second-order valence-corrected chi connectivity index (χ2v) is 8.42. The lowest BCUT2D eigenvalue weighted by Crippen LogP contribution is -2.37. The van der Waals surface area contributed by atoms with Crippen molar-refractivity contribution in [3.63, 3.8) is 0 Å². The minimum absolute atomic E-state index is 0.122. The molecule has 5 rings (SSSR count). The van der Waals surface area contributed by atoms with E-state index in [1.54, 1.807) is 6.20 Å². The maximum Gasteiger partial charge on any atom is 0.253 e. The average molecular weight is 405 g/mol. The summed E-state index contributed by atoms with van der Waals surface area (Å²) in [6, 6.07) is 6.06. The molecule has 156 valence electrons. The zero-order valence-electron chi connectivity index (χ0n) is 17.2. The van der Waals surface area contributed by atoms with Crippen LogP contribution in [0.5, 0.6) is 0 Å². The molecule has 2 fully saturated rings. The molecule has 1 aliphatic heterocycles. The van der Waals surface area contributed by atoms with E-state index in [9.17, 15) is 4.79 Å². The van der Waals surface area contributed by atoms with Crippen LogP contribution >= 0.6 is 0 Å². The van der Waals surface area contributed by atoms with Crippen LogP contribution in [-0.4, -0.2) is 39.9 Å². The third-order valence-electron chi connectivity index (χ3n) is 6.19. The van der Waals surface area contributed by atoms with Gasteiger partial charge in [-0.2, -0.15) is 0 Å². The summed E-state index contributed by atoms with van der Waals surface area (Å²) in [6.45, 7) is 4.44. The van der Waals surface area contributed by atoms with Crippen molar-refractivity contribution >= 4 is 17.2 Å². The van der Waals surface area contributed by atoms with E-state index in [0.717, 1.165) is 49.1 Å². The Morgan fingerprint density at radius 1 is 1.10 bits per heavy atom. The average Bonchev–Trinajstić information content (AvgIpc) is 3.09. The van der Waals surface area contributed by atoms with Crippen molar-refractivity contribution in [2.24, 2.45) is 5.92 Å². The predicted octanol–water partition coefficient (Wildman–Crippen LogP) is 2.76. The fourth-order valence-corrected chi connectivity index (χ4v) is 3.97. The maximum atomic E-state index is 12.6. The van der Waals surface area contributed by atoms with Gasteiger partial charge in [-0.05, 0) is 49.4 Å². The molecule has 1 amide bonds. The molecule has 0 spiro atoms. The molecular formula is C23H28N6O. The minimum Gasteiger partial charge on any atom is -0.370 e. The summed E-state index contributed by atoms with van der Waals surface area (Å²) in [5.41, 5.74) is 4.57. The Kier molecular flexibility index (Phi) is 5.36. The zero-order chi connectivity index (χ0) is 20.3. The van der Waals surface area contributed by atoms with Crippen molar-refractivity contribution in [3.8, 4) is 0 Å². The zero-order valence-corrected chi connectivity index (χ0v) is 17.2. The second-order valence-electron chi connectivity index (χ2n) is 8.42. The summed E-state index contributed by atoms with van der Waals surface area (Å²) in [7, 11) is 0. The number of hydrogen-bond donors (Lipinski definition) is 2. The summed E-state index contributed by atoms with van der Waals surface area (Å²) in [5, 5.41) is 6.52. The van der Waals surface area contributed by atoms with E-state index >= 15 is 0 Å². The number of carbonyl (C=O) groups is 1. The first-order valence-electron chi connectivity index (χ1n) is 10.9. The molecule has 0 radical (unpaired) electrons. The quantitative estimate of drug-likeness (QED) is 0.604. The maximum absolute atomic E-state index is 12.6. The Hall–Kier alpha value is -2.93. The highest BCUT2D eigenvalue weighted by Crippen LogP contribution is 2.25. The van der Waals surface area contributed by atoms with Crippen LogP contribution in [0.3, 0.4) is 0 Å². The molecule has 2 N–H and O–H groups in total. The van der Waals surface area contributed by atoms with Gasteiger partial charge in [0.2, 0.25) is 0 Å². The molecule has 2 aliphatic rings. The van der Waals surface area contributed by atoms with E-state index in [1.807, 2.05) is 28.9 Å². The number of imidazole rings is 1. The molecule has 3 aromatic heterocycles. The topological polar surface area (TPSA) is 74.6 Å². The van der Waals surface area contributed by atoms with E-state index in [1.165, 1.54) is 31.2 Å². The number of nitrogens with one attached hydrogen (secondary N) is 2. The predicted molar refractivity (Wildman–Crippen MR) is 116 cm³/mol. The monoisotopic (exact) mass is 404 g/mol. The molecule has 4 heterocycles. The third-order valence-corrected chi connectivity index (χ3v) is 6.19. The first-order valence-corrected chi connectivity index (χ1v) is 10.9. The Balaban J connectivity index is 1.18. The summed E-state index contributed by atoms with van der Waals surface area (Å²) < 4.78 is 2.04. The van der Waals surface area contributed by atoms with Crippen molar-refractivity contribution in [2.45, 2.75) is 38.8 Å². The molecule has 0 bridgehead atoms. The first-order chi connectivity index (χ1) is 14.7. The number of aromatic nitrogens is 3. The lowest BCUT2D eigenvalue weighted by Gasteiger charge is -2.32. The van der Waals surface area contributed by atoms with Crippen LogP contribution in [0.2, 0.25) is 0 Å². The van der Waals surface area contributed by atoms with Crippen LogP contribution < -0.4 is 15.5 Å². The highest BCUT2D eigenvalue weighted by atomic mass is 16.1. The highest BCUT2D eigenvalue weighted by Gasteiger charge is 2.17. The van der Waals surface area contributed by atoms with Gasteiger partial charge in [0, 0.05) is 38.2 Å². The van der Waals surface area contributed by atoms with Gasteiger partial charge in [0.25, 0.3) is 5.91 Å². The van der Waals surface area contributed by atoms with Crippen molar-refractivity contribution in [2.75, 3.05) is 24.5 Å². The van der Waals surface area contributed by atoms with Gasteiger partial charge in [-0.1, -0.05) is 12.5 Å². The summed E-state index contributed by atoms with van der Waals surface area (Å²) >= 11 is 0. The normalized spacial score (nSPS) is 16.3. The van der Waals surface area contributed by atoms with Crippen molar-refractivity contribution in [1.29, 1.82) is 0 Å². The van der Waals surface area contributed by atoms with Gasteiger partial charge in [-0.15, -0.1) is 0 Å². The highest BCUT2D eigenvalue weighted by molar-refractivity contribution is 5.94. The molecule has 30 heavy (non-hydrogen) atoms. The van der Waals surface area contributed by atoms with Crippen LogP contribution in [0.4, 0.5) is 5.69 Å². The number of hydrogen-bond acceptors (Lipinski definition) is 5. The van der Waals surface area contributed by atoms with Crippen LogP contribution in [0.25, 0.3) is 5.65 Å². The molecule has 1 saturated heterocycles. The number of carbonyl (C=O) groups excluding carboxylic acids is 1. The van der Waals surface area contributed by atoms with Crippen molar-refractivity contribution < 1.29 is 4.79 Å². The molecular weight excluding hydrogens is 376 g/mol. The van der Waals surface area contributed by atoms with Gasteiger partial charge in [-0.25, -0.2) is 4.98 Å². The van der Waals surface area contributed by atoms with Crippen LogP contribution in [0, 0.1) is 5.92 Å². The van der Waals surface area contributed by atoms with E-state index < -0.39 is 0 Å². The number of rotatable bonds is 8. The smallest absolute Gasteiger partial charge is 0.253 e. The number of anilines is 1. The van der Waals surface area contributed by atoms with Crippen LogP contribution in [0.15, 0.2) is 43.0 Å². The number of nitrogens with zero attached hydrogens (tertiary/aromatic N) is 4. The number of pyridine rings is 2. The molecule has 0 atom stereocenters. The Morgan fingerprint density at radius 3 is 2.77 bits per heavy atom. The molecule has 3 aromatic rings. The fraction of sp³-hybridized carbons (Fsp3) is 0.435. The van der Waals surface area contributed by atoms with E-state index in [0.29, 0.717) is 12.1 Å². The molecule has 0 unspecified atom stereocenters. The fourth-order valence-electron chi connectivity index (χ4n) is 3.97. The number of amides is 1. The SMILES string of the molecule is O=C(NCc1cn2cc(CNCC3CCC3)ccc2n1)c1cncc(N2CCC2)c1. The number of fused-ring (bicyclic) bond motifs is 1. The largest absolute Gasteiger partial charge is 0.370 e. The molecule has 1 saturated carbocycles. The molecule has 0 aromatic carbocycles. The van der Waals surface area contributed by atoms with Crippen LogP contribution in [0.1, 0.15) is 47.3 Å². The van der Waals surface area contributed by atoms with E-state index in [-0.39, 0.29) is 5.91 Å². The Labute approximate surface area is 176 Å². The third kappa shape index (κ3) is 4.16. The lowest BCUT2D eigenvalue weighted by atomic mass is 9.85. The summed E-state index contributed by atoms with van der Waals surface area (Å²) in [5.74, 6) is 0.738. The van der Waals surface area contributed by atoms with Gasteiger partial charge < -0.3 is 19.9 Å². The standard InChI is InChI=1S/C23H28N6O/c30-23(19-9-21(14-25-12-19)28-7-2-8-28)26-13-20-16-29-15-18(5-6-22(29)27-20)11-24-10-17-3-1-4-17/h5-6,9,12,14-17,24H,1-4,7-8,10-11,13H2,(H,26,30). The van der Waals surface area contributed by atoms with Crippen molar-refractivity contribution in [3.05, 3.63) is 59.8 Å². The molecule has 7 heteroatoms. The molecule has 1 aliphatic carbocycles. The van der Waals surface area contributed by atoms with Gasteiger partial charge >= 0.3 is 0 Å². The van der Waals surface area contributed by atoms with Gasteiger partial charge in [0.05, 0.1) is 29.7 Å². The Morgan fingerprint density at radius 2 is 2.00 bits per heavy atom. The van der Waals surface area contributed by atoms with Gasteiger partial charge in [0.1, 0.15) is 5.65 Å². The lowest BCUT2D eigenvalue weighted by molar-refractivity contribution is 0.0950. The summed E-state index contributed by atoms with van der Waals surface area (Å²) in [6.07, 6.45) is 12.8. The second kappa shape index (κ2) is 8.44. The van der Waals surface area contributed by atoms with Crippen molar-refractivity contribution in [1.82, 2.24) is 25.0 Å². The minimum atomic E-state index is -0.122. The van der Waals surface area contributed by atoms with E-state index in [4.69, 9.17) is 0 Å². The molecule has 7 nitrogen and oxygen atoms in total. The van der Waals surface area contributed by atoms with E-state index in [2.05, 4.69) is 37.8 Å². The van der Waals surface area contributed by atoms with Crippen LogP contribution in [-0.2, 0) is 13.1 Å². The Bertz CT molecular complexity index is 1040. The van der Waals surface area contributed by atoms with Gasteiger partial charge in [-0.3, -0.25) is 9.78 Å².